The van der Waals surface area contributed by atoms with Crippen LogP contribution in [0.1, 0.15) is 39.0 Å². The zero-order chi connectivity index (χ0) is 9.27. The third-order valence-electron chi connectivity index (χ3n) is 4.34. The smallest absolute Gasteiger partial charge is 0.142 e. The molecule has 0 spiro atoms. The molecule has 0 saturated heterocycles. The average Bonchev–Trinajstić information content (AvgIpc) is 1.96. The number of Topliss-reactive ketones (excluding diaryl/α,β-unsaturated/α-hetero) is 1. The fourth-order valence-corrected chi connectivity index (χ4v) is 4.26. The van der Waals surface area contributed by atoms with Gasteiger partial charge < -0.3 is 5.11 Å². The van der Waals surface area contributed by atoms with Crippen LogP contribution in [0.4, 0.5) is 0 Å². The second-order valence-corrected chi connectivity index (χ2v) is 5.74. The fourth-order valence-electron chi connectivity index (χ4n) is 4.26. The van der Waals surface area contributed by atoms with Crippen molar-refractivity contribution in [3.63, 3.8) is 0 Å². The molecular weight excluding hydrogens is 164 g/mol. The van der Waals surface area contributed by atoms with Gasteiger partial charge in [-0.15, -0.1) is 0 Å². The molecular formula is C11H16O2. The molecule has 0 aromatic heterocycles. The maximum atomic E-state index is 11.9. The zero-order valence-electron chi connectivity index (χ0n) is 8.05. The molecule has 4 unspecified atom stereocenters. The third-order valence-corrected chi connectivity index (χ3v) is 4.34. The van der Waals surface area contributed by atoms with Gasteiger partial charge in [0.25, 0.3) is 0 Å². The predicted molar refractivity (Wildman–Crippen MR) is 48.1 cm³/mol. The van der Waals surface area contributed by atoms with E-state index in [4.69, 9.17) is 0 Å². The van der Waals surface area contributed by atoms with E-state index in [0.717, 1.165) is 32.1 Å². The van der Waals surface area contributed by atoms with E-state index in [1.165, 1.54) is 0 Å². The molecule has 2 nitrogen and oxygen atoms in total. The summed E-state index contributed by atoms with van der Waals surface area (Å²) in [7, 11) is 0. The number of carbonyl (C=O) groups is 1. The average molecular weight is 180 g/mol. The van der Waals surface area contributed by atoms with Gasteiger partial charge in [0.15, 0.2) is 0 Å². The van der Waals surface area contributed by atoms with Gasteiger partial charge in [0, 0.05) is 11.3 Å². The lowest BCUT2D eigenvalue weighted by Crippen LogP contribution is -2.59. The van der Waals surface area contributed by atoms with Crippen LogP contribution in [0.25, 0.3) is 0 Å². The minimum absolute atomic E-state index is 0.168. The number of carbonyl (C=O) groups excluding carboxylic acids is 1. The zero-order valence-corrected chi connectivity index (χ0v) is 8.05. The molecule has 4 aliphatic carbocycles. The van der Waals surface area contributed by atoms with E-state index >= 15 is 0 Å². The first-order valence-electron chi connectivity index (χ1n) is 5.28. The van der Waals surface area contributed by atoms with E-state index in [2.05, 4.69) is 6.92 Å². The van der Waals surface area contributed by atoms with Crippen LogP contribution < -0.4 is 0 Å². The molecule has 0 radical (unpaired) electrons. The summed E-state index contributed by atoms with van der Waals surface area (Å²) >= 11 is 0. The van der Waals surface area contributed by atoms with Crippen LogP contribution in [0, 0.1) is 17.3 Å². The van der Waals surface area contributed by atoms with Crippen molar-refractivity contribution in [1.82, 2.24) is 0 Å². The Balaban J connectivity index is 2.06. The lowest BCUT2D eigenvalue weighted by molar-refractivity contribution is -0.177. The Morgan fingerprint density at radius 2 is 2.15 bits per heavy atom. The molecule has 0 aliphatic heterocycles. The molecule has 0 heterocycles. The van der Waals surface area contributed by atoms with Gasteiger partial charge in [-0.05, 0) is 38.0 Å². The number of hydrogen-bond donors (Lipinski definition) is 1. The summed E-state index contributed by atoms with van der Waals surface area (Å²) in [6, 6.07) is 0. The molecule has 4 saturated carbocycles. The molecule has 72 valence electrons. The van der Waals surface area contributed by atoms with Crippen molar-refractivity contribution >= 4 is 5.78 Å². The van der Waals surface area contributed by atoms with Crippen molar-refractivity contribution < 1.29 is 9.90 Å². The normalized spacial score (nSPS) is 58.8. The van der Waals surface area contributed by atoms with Crippen molar-refractivity contribution in [3.8, 4) is 0 Å². The second kappa shape index (κ2) is 2.00. The lowest BCUT2D eigenvalue weighted by atomic mass is 9.48. The Hall–Kier alpha value is -0.370. The highest BCUT2D eigenvalue weighted by molar-refractivity contribution is 5.89. The molecule has 4 atom stereocenters. The SMILES string of the molecule is CC12CC3CC(CC(O)(C3)C1)C2=O. The minimum atomic E-state index is -0.478. The standard InChI is InChI=1S/C11H16O2/c1-10-3-7-2-8(9(10)12)5-11(13,4-7)6-10/h7-8,13H,2-6H2,1H3. The summed E-state index contributed by atoms with van der Waals surface area (Å²) < 4.78 is 0. The van der Waals surface area contributed by atoms with Crippen LogP contribution in [0.15, 0.2) is 0 Å². The molecule has 1 N–H and O–H groups in total. The van der Waals surface area contributed by atoms with Gasteiger partial charge in [0.1, 0.15) is 5.78 Å². The number of rotatable bonds is 0. The summed E-state index contributed by atoms with van der Waals surface area (Å²) in [5, 5.41) is 10.2. The van der Waals surface area contributed by atoms with Crippen LogP contribution in [0.5, 0.6) is 0 Å². The lowest BCUT2D eigenvalue weighted by Gasteiger charge is -2.57. The number of ketones is 1. The second-order valence-electron chi connectivity index (χ2n) is 5.74. The van der Waals surface area contributed by atoms with Gasteiger partial charge in [0.2, 0.25) is 0 Å². The Morgan fingerprint density at radius 3 is 2.77 bits per heavy atom. The minimum Gasteiger partial charge on any atom is -0.390 e. The van der Waals surface area contributed by atoms with Crippen molar-refractivity contribution in [2.75, 3.05) is 0 Å². The predicted octanol–water partition coefficient (Wildman–Crippen LogP) is 1.52. The molecule has 0 aromatic carbocycles. The maximum Gasteiger partial charge on any atom is 0.142 e. The molecule has 0 aromatic rings. The first kappa shape index (κ1) is 7.98. The summed E-state index contributed by atoms with van der Waals surface area (Å²) in [6.45, 7) is 2.05. The summed E-state index contributed by atoms with van der Waals surface area (Å²) in [6.07, 6.45) is 4.51. The van der Waals surface area contributed by atoms with Gasteiger partial charge in [0.05, 0.1) is 5.60 Å². The molecule has 13 heavy (non-hydrogen) atoms. The molecule has 4 aliphatic rings. The Bertz CT molecular complexity index is 286. The van der Waals surface area contributed by atoms with Gasteiger partial charge in [-0.1, -0.05) is 6.92 Å². The monoisotopic (exact) mass is 180 g/mol. The van der Waals surface area contributed by atoms with Crippen molar-refractivity contribution in [1.29, 1.82) is 0 Å². The highest BCUT2D eigenvalue weighted by atomic mass is 16.3. The van der Waals surface area contributed by atoms with Crippen LogP contribution in [0.2, 0.25) is 0 Å². The van der Waals surface area contributed by atoms with Crippen molar-refractivity contribution in [3.05, 3.63) is 0 Å². The first-order valence-corrected chi connectivity index (χ1v) is 5.28. The van der Waals surface area contributed by atoms with Gasteiger partial charge in [-0.3, -0.25) is 4.79 Å². The largest absolute Gasteiger partial charge is 0.390 e. The topological polar surface area (TPSA) is 37.3 Å². The molecule has 4 rings (SSSR count). The van der Waals surface area contributed by atoms with E-state index in [-0.39, 0.29) is 11.3 Å². The van der Waals surface area contributed by atoms with Gasteiger partial charge in [-0.25, -0.2) is 0 Å². The van der Waals surface area contributed by atoms with E-state index in [9.17, 15) is 9.90 Å². The van der Waals surface area contributed by atoms with E-state index in [1.54, 1.807) is 0 Å². The highest BCUT2D eigenvalue weighted by Gasteiger charge is 2.59. The molecule has 0 amide bonds. The number of aliphatic hydroxyl groups is 1. The van der Waals surface area contributed by atoms with Crippen LogP contribution in [0.3, 0.4) is 0 Å². The molecule has 2 heteroatoms. The highest BCUT2D eigenvalue weighted by Crippen LogP contribution is 2.59. The number of hydrogen-bond acceptors (Lipinski definition) is 2. The summed E-state index contributed by atoms with van der Waals surface area (Å²) in [5.74, 6) is 1.25. The first-order chi connectivity index (χ1) is 6.01. The molecule has 4 fully saturated rings. The third kappa shape index (κ3) is 0.899. The summed E-state index contributed by atoms with van der Waals surface area (Å²) in [5.41, 5.74) is -0.646. The maximum absolute atomic E-state index is 11.9. The van der Waals surface area contributed by atoms with Crippen LogP contribution in [-0.2, 0) is 4.79 Å². The Kier molecular flexibility index (Phi) is 1.23. The Morgan fingerprint density at radius 1 is 1.38 bits per heavy atom. The van der Waals surface area contributed by atoms with Crippen LogP contribution in [-0.4, -0.2) is 16.5 Å². The van der Waals surface area contributed by atoms with Gasteiger partial charge in [-0.2, -0.15) is 0 Å². The van der Waals surface area contributed by atoms with Crippen molar-refractivity contribution in [2.45, 2.75) is 44.6 Å². The molecule has 4 bridgehead atoms. The van der Waals surface area contributed by atoms with E-state index in [1.807, 2.05) is 0 Å². The fraction of sp³-hybridized carbons (Fsp3) is 0.909. The van der Waals surface area contributed by atoms with Crippen LogP contribution >= 0.6 is 0 Å². The van der Waals surface area contributed by atoms with Crippen molar-refractivity contribution in [2.24, 2.45) is 17.3 Å². The Labute approximate surface area is 78.3 Å². The van der Waals surface area contributed by atoms with E-state index < -0.39 is 5.60 Å². The summed E-state index contributed by atoms with van der Waals surface area (Å²) in [4.78, 5) is 11.9. The van der Waals surface area contributed by atoms with E-state index in [0.29, 0.717) is 11.7 Å². The quantitative estimate of drug-likeness (QED) is 0.613. The van der Waals surface area contributed by atoms with Gasteiger partial charge >= 0.3 is 0 Å².